The summed E-state index contributed by atoms with van der Waals surface area (Å²) in [6.07, 6.45) is 1.96. The third-order valence-electron chi connectivity index (χ3n) is 5.03. The molecule has 2 nitrogen and oxygen atoms in total. The molecule has 0 atom stereocenters. The fraction of sp³-hybridized carbons (Fsp3) is 0.0357. The summed E-state index contributed by atoms with van der Waals surface area (Å²) < 4.78 is 1.03. The molecule has 2 N–H and O–H groups in total. The van der Waals surface area contributed by atoms with Crippen LogP contribution in [0.5, 0.6) is 0 Å². The second-order valence-electron chi connectivity index (χ2n) is 7.24. The molecule has 0 spiro atoms. The van der Waals surface area contributed by atoms with Gasteiger partial charge in [0.25, 0.3) is 0 Å². The fourth-order valence-corrected chi connectivity index (χ4v) is 3.58. The largest absolute Gasteiger partial charge is 0.398 e. The van der Waals surface area contributed by atoms with E-state index in [-0.39, 0.29) is 0 Å². The van der Waals surface area contributed by atoms with Crippen LogP contribution in [0.3, 0.4) is 0 Å². The maximum absolute atomic E-state index is 6.49. The van der Waals surface area contributed by atoms with E-state index in [0.717, 1.165) is 26.9 Å². The van der Waals surface area contributed by atoms with Crippen molar-refractivity contribution in [1.29, 1.82) is 0 Å². The number of nitrogens with zero attached hydrogens (tertiary/aromatic N) is 1. The molecule has 31 heavy (non-hydrogen) atoms. The van der Waals surface area contributed by atoms with Gasteiger partial charge < -0.3 is 5.73 Å². The minimum absolute atomic E-state index is 0.600. The molecule has 0 amide bonds. The molecule has 152 valence electrons. The first-order valence-corrected chi connectivity index (χ1v) is 11.0. The molecule has 0 saturated heterocycles. The number of nitrogens with two attached hydrogens (primary N) is 1. The van der Waals surface area contributed by atoms with Gasteiger partial charge in [0.1, 0.15) is 0 Å². The van der Waals surface area contributed by atoms with Gasteiger partial charge in [-0.2, -0.15) is 0 Å². The molecule has 4 aromatic carbocycles. The Morgan fingerprint density at radius 1 is 0.677 bits per heavy atom. The molecule has 0 unspecified atom stereocenters. The number of hydrogen-bond acceptors (Lipinski definition) is 2. The van der Waals surface area contributed by atoms with E-state index in [2.05, 4.69) is 76.6 Å². The van der Waals surface area contributed by atoms with Crippen molar-refractivity contribution >= 4 is 27.3 Å². The van der Waals surface area contributed by atoms with Crippen LogP contribution in [-0.2, 0) is 6.54 Å². The van der Waals surface area contributed by atoms with E-state index < -0.39 is 0 Å². The summed E-state index contributed by atoms with van der Waals surface area (Å²) in [5, 5.41) is 0. The van der Waals surface area contributed by atoms with Gasteiger partial charge >= 0.3 is 0 Å². The van der Waals surface area contributed by atoms with Gasteiger partial charge in [-0.3, -0.25) is 4.99 Å². The third kappa shape index (κ3) is 5.59. The normalized spacial score (nSPS) is 12.0. The molecule has 0 bridgehead atoms. The highest BCUT2D eigenvalue weighted by Gasteiger charge is 2.05. The standard InChI is InChI=1S/C28H23BrN2/c29-26-17-15-25(16-18-26)28(31-20-21-7-3-1-4-8-21)19-27(30)24-13-11-23(12-14-24)22-9-5-2-6-10-22/h1-19H,20,30H2/b27-19-,31-28+. The van der Waals surface area contributed by atoms with E-state index in [1.165, 1.54) is 11.1 Å². The second-order valence-corrected chi connectivity index (χ2v) is 8.15. The van der Waals surface area contributed by atoms with Gasteiger partial charge in [-0.15, -0.1) is 0 Å². The summed E-state index contributed by atoms with van der Waals surface area (Å²) >= 11 is 3.50. The third-order valence-corrected chi connectivity index (χ3v) is 5.56. The van der Waals surface area contributed by atoms with Crippen molar-refractivity contribution < 1.29 is 0 Å². The van der Waals surface area contributed by atoms with Gasteiger partial charge in [-0.25, -0.2) is 0 Å². The van der Waals surface area contributed by atoms with Gasteiger partial charge in [0.15, 0.2) is 0 Å². The Balaban J connectivity index is 1.63. The van der Waals surface area contributed by atoms with Crippen LogP contribution < -0.4 is 5.73 Å². The van der Waals surface area contributed by atoms with Crippen molar-refractivity contribution in [2.45, 2.75) is 6.54 Å². The first-order chi connectivity index (χ1) is 15.2. The average Bonchev–Trinajstić information content (AvgIpc) is 2.83. The van der Waals surface area contributed by atoms with E-state index >= 15 is 0 Å². The predicted molar refractivity (Wildman–Crippen MR) is 135 cm³/mol. The molecule has 0 aliphatic rings. The minimum atomic E-state index is 0.600. The zero-order chi connectivity index (χ0) is 21.5. The number of benzene rings is 4. The zero-order valence-electron chi connectivity index (χ0n) is 17.1. The van der Waals surface area contributed by atoms with Crippen LogP contribution in [0.15, 0.2) is 125 Å². The summed E-state index contributed by atoms with van der Waals surface area (Å²) in [5.41, 5.74) is 13.6. The summed E-state index contributed by atoms with van der Waals surface area (Å²) in [6.45, 7) is 0.600. The minimum Gasteiger partial charge on any atom is -0.398 e. The predicted octanol–water partition coefficient (Wildman–Crippen LogP) is 7.11. The van der Waals surface area contributed by atoms with Gasteiger partial charge in [-0.05, 0) is 46.0 Å². The Labute approximate surface area is 191 Å². The molecular weight excluding hydrogens is 444 g/mol. The zero-order valence-corrected chi connectivity index (χ0v) is 18.7. The molecule has 0 saturated carbocycles. The van der Waals surface area contributed by atoms with Crippen LogP contribution in [-0.4, -0.2) is 5.71 Å². The van der Waals surface area contributed by atoms with E-state index in [4.69, 9.17) is 10.7 Å². The van der Waals surface area contributed by atoms with Crippen LogP contribution in [0.2, 0.25) is 0 Å². The molecule has 0 heterocycles. The van der Waals surface area contributed by atoms with Crippen molar-refractivity contribution in [3.63, 3.8) is 0 Å². The highest BCUT2D eigenvalue weighted by Crippen LogP contribution is 2.21. The quantitative estimate of drug-likeness (QED) is 0.302. The van der Waals surface area contributed by atoms with Crippen molar-refractivity contribution in [3.8, 4) is 11.1 Å². The molecule has 4 aromatic rings. The Kier molecular flexibility index (Phi) is 6.75. The second kappa shape index (κ2) is 10.1. The van der Waals surface area contributed by atoms with Gasteiger partial charge in [0, 0.05) is 10.2 Å². The lowest BCUT2D eigenvalue weighted by molar-refractivity contribution is 1.07. The van der Waals surface area contributed by atoms with Gasteiger partial charge in [0.05, 0.1) is 12.3 Å². The van der Waals surface area contributed by atoms with E-state index in [9.17, 15) is 0 Å². The Morgan fingerprint density at radius 2 is 1.23 bits per heavy atom. The van der Waals surface area contributed by atoms with Crippen molar-refractivity contribution in [2.75, 3.05) is 0 Å². The summed E-state index contributed by atoms with van der Waals surface area (Å²) in [5.74, 6) is 0. The van der Waals surface area contributed by atoms with E-state index in [0.29, 0.717) is 12.2 Å². The molecule has 3 heteroatoms. The molecule has 4 rings (SSSR count). The van der Waals surface area contributed by atoms with Crippen LogP contribution in [0.1, 0.15) is 16.7 Å². The Hall–Kier alpha value is -3.43. The van der Waals surface area contributed by atoms with Crippen LogP contribution in [0, 0.1) is 0 Å². The maximum Gasteiger partial charge on any atom is 0.0671 e. The van der Waals surface area contributed by atoms with Crippen LogP contribution in [0.25, 0.3) is 16.8 Å². The highest BCUT2D eigenvalue weighted by molar-refractivity contribution is 9.10. The molecule has 0 fully saturated rings. The fourth-order valence-electron chi connectivity index (χ4n) is 3.32. The van der Waals surface area contributed by atoms with Crippen molar-refractivity contribution in [2.24, 2.45) is 10.7 Å². The van der Waals surface area contributed by atoms with Crippen molar-refractivity contribution in [3.05, 3.63) is 136 Å². The lowest BCUT2D eigenvalue weighted by Gasteiger charge is -2.08. The smallest absolute Gasteiger partial charge is 0.0671 e. The average molecular weight is 467 g/mol. The van der Waals surface area contributed by atoms with Gasteiger partial charge in [-0.1, -0.05) is 113 Å². The number of allylic oxidation sites excluding steroid dienone is 1. The molecule has 0 radical (unpaired) electrons. The highest BCUT2D eigenvalue weighted by atomic mass is 79.9. The molecule has 0 aliphatic heterocycles. The summed E-state index contributed by atoms with van der Waals surface area (Å²) in [7, 11) is 0. The first-order valence-electron chi connectivity index (χ1n) is 10.2. The lowest BCUT2D eigenvalue weighted by Crippen LogP contribution is -2.04. The number of aliphatic imine (C=N–C) groups is 1. The monoisotopic (exact) mass is 466 g/mol. The number of halogens is 1. The van der Waals surface area contributed by atoms with E-state index in [1.807, 2.05) is 54.6 Å². The summed E-state index contributed by atoms with van der Waals surface area (Å²) in [6, 6.07) is 37.0. The van der Waals surface area contributed by atoms with Crippen molar-refractivity contribution in [1.82, 2.24) is 0 Å². The first kappa shape index (κ1) is 20.8. The lowest BCUT2D eigenvalue weighted by atomic mass is 10.0. The number of rotatable bonds is 6. The SMILES string of the molecule is N/C(=C\C(=N/Cc1ccccc1)c1ccc(Br)cc1)c1ccc(-c2ccccc2)cc1. The van der Waals surface area contributed by atoms with Gasteiger partial charge in [0.2, 0.25) is 0 Å². The molecular formula is C28H23BrN2. The van der Waals surface area contributed by atoms with Crippen LogP contribution in [0.4, 0.5) is 0 Å². The Morgan fingerprint density at radius 3 is 1.87 bits per heavy atom. The van der Waals surface area contributed by atoms with Crippen LogP contribution >= 0.6 is 15.9 Å². The molecule has 0 aliphatic carbocycles. The molecule has 0 aromatic heterocycles. The number of hydrogen-bond donors (Lipinski definition) is 1. The summed E-state index contributed by atoms with van der Waals surface area (Å²) in [4.78, 5) is 4.87. The van der Waals surface area contributed by atoms with E-state index in [1.54, 1.807) is 0 Å². The Bertz CT molecular complexity index is 1180. The maximum atomic E-state index is 6.49. The topological polar surface area (TPSA) is 38.4 Å².